The number of hydrogen-bond donors (Lipinski definition) is 2. The van der Waals surface area contributed by atoms with E-state index in [0.717, 1.165) is 0 Å². The van der Waals surface area contributed by atoms with Crippen LogP contribution in [0, 0.1) is 0 Å². The van der Waals surface area contributed by atoms with Gasteiger partial charge in [-0.1, -0.05) is 13.2 Å². The number of halogens is 3. The first kappa shape index (κ1) is 14.8. The molecule has 2 N–H and O–H groups in total. The van der Waals surface area contributed by atoms with E-state index in [-0.39, 0.29) is 11.5 Å². The Kier molecular flexibility index (Phi) is 3.36. The molecule has 118 valence electrons. The van der Waals surface area contributed by atoms with Crippen LogP contribution in [0.25, 0.3) is 35.2 Å². The monoisotopic (exact) mass is 321 g/mol. The molecule has 0 unspecified atom stereocenters. The van der Waals surface area contributed by atoms with Crippen molar-refractivity contribution < 1.29 is 13.2 Å². The second kappa shape index (κ2) is 5.23. The van der Waals surface area contributed by atoms with Crippen LogP contribution in [0.1, 0.15) is 11.6 Å². The lowest BCUT2D eigenvalue weighted by Crippen LogP contribution is -2.07. The number of alkyl halides is 3. The van der Waals surface area contributed by atoms with Gasteiger partial charge in [-0.2, -0.15) is 18.3 Å². The molecule has 0 spiro atoms. The topological polar surface area (TPSA) is 88.1 Å². The van der Waals surface area contributed by atoms with Gasteiger partial charge in [0.25, 0.3) is 0 Å². The summed E-state index contributed by atoms with van der Waals surface area (Å²) in [5, 5.41) is 5.48. The summed E-state index contributed by atoms with van der Waals surface area (Å²) in [5.74, 6) is -1.00. The highest BCUT2D eigenvalue weighted by Gasteiger charge is 2.36. The Hall–Kier alpha value is -3.17. The highest BCUT2D eigenvalue weighted by atomic mass is 19.4. The molecule has 0 atom stereocenters. The zero-order valence-corrected chi connectivity index (χ0v) is 11.6. The molecule has 23 heavy (non-hydrogen) atoms. The van der Waals surface area contributed by atoms with E-state index in [1.807, 2.05) is 5.10 Å². The van der Waals surface area contributed by atoms with Gasteiger partial charge in [0.1, 0.15) is 17.2 Å². The summed E-state index contributed by atoms with van der Waals surface area (Å²) in [7, 11) is 0. The summed E-state index contributed by atoms with van der Waals surface area (Å²) in [6, 6.07) is 0. The fraction of sp³-hybridized carbons (Fsp3) is 0.0769. The third-order valence-electron chi connectivity index (χ3n) is 3.02. The van der Waals surface area contributed by atoms with E-state index in [4.69, 9.17) is 0 Å². The van der Waals surface area contributed by atoms with Crippen molar-refractivity contribution in [1.29, 1.82) is 0 Å². The van der Waals surface area contributed by atoms with Gasteiger partial charge < -0.3 is 4.98 Å². The standard InChI is InChI=1S/C13H10F3N7/c1-3-8-19-9(11-20-12(22-21-11)13(14,15)16)10(23(8)4-2)7-5-17-6-18-7/h3-6H,1-2H2,(H,17,18)(H,20,21,22). The second-order valence-corrected chi connectivity index (χ2v) is 4.39. The number of H-pyrrole nitrogens is 2. The number of nitrogens with one attached hydrogen (secondary N) is 2. The van der Waals surface area contributed by atoms with Gasteiger partial charge in [-0.3, -0.25) is 9.67 Å². The molecule has 0 aliphatic heterocycles. The van der Waals surface area contributed by atoms with Crippen molar-refractivity contribution in [3.8, 4) is 22.9 Å². The van der Waals surface area contributed by atoms with Crippen molar-refractivity contribution in [2.24, 2.45) is 0 Å². The first-order chi connectivity index (χ1) is 11.0. The predicted octanol–water partition coefficient (Wildman–Crippen LogP) is 2.82. The number of nitrogens with zero attached hydrogens (tertiary/aromatic N) is 5. The smallest absolute Gasteiger partial charge is 0.343 e. The lowest BCUT2D eigenvalue weighted by molar-refractivity contribution is -0.144. The number of rotatable bonds is 4. The van der Waals surface area contributed by atoms with Crippen LogP contribution in [-0.4, -0.2) is 34.7 Å². The average Bonchev–Trinajstić information content (AvgIpc) is 3.23. The maximum absolute atomic E-state index is 12.7. The average molecular weight is 321 g/mol. The fourth-order valence-corrected chi connectivity index (χ4v) is 2.07. The Balaban J connectivity index is 2.23. The van der Waals surface area contributed by atoms with E-state index in [2.05, 4.69) is 38.2 Å². The predicted molar refractivity (Wildman–Crippen MR) is 76.7 cm³/mol. The third kappa shape index (κ3) is 2.43. The minimum Gasteiger partial charge on any atom is -0.343 e. The van der Waals surface area contributed by atoms with E-state index >= 15 is 0 Å². The quantitative estimate of drug-likeness (QED) is 0.773. The summed E-state index contributed by atoms with van der Waals surface area (Å²) in [6.07, 6.45) is 1.22. The van der Waals surface area contributed by atoms with Gasteiger partial charge in [0.2, 0.25) is 11.6 Å². The molecular formula is C13H10F3N7. The van der Waals surface area contributed by atoms with Gasteiger partial charge >= 0.3 is 6.18 Å². The van der Waals surface area contributed by atoms with Crippen LogP contribution in [0.2, 0.25) is 0 Å². The highest BCUT2D eigenvalue weighted by molar-refractivity contribution is 5.76. The molecule has 10 heteroatoms. The summed E-state index contributed by atoms with van der Waals surface area (Å²) in [5.41, 5.74) is 1.11. The molecule has 0 radical (unpaired) electrons. The lowest BCUT2D eigenvalue weighted by atomic mass is 10.2. The van der Waals surface area contributed by atoms with E-state index in [9.17, 15) is 13.2 Å². The van der Waals surface area contributed by atoms with Gasteiger partial charge in [0.15, 0.2) is 0 Å². The molecule has 3 rings (SSSR count). The van der Waals surface area contributed by atoms with Crippen LogP contribution in [0.5, 0.6) is 0 Å². The van der Waals surface area contributed by atoms with Crippen LogP contribution in [0.4, 0.5) is 13.2 Å². The van der Waals surface area contributed by atoms with Crippen LogP contribution in [0.3, 0.4) is 0 Å². The SMILES string of the molecule is C=Cc1nc(-c2n[nH]c(C(F)(F)F)n2)c(-c2cnc[nH]2)n1C=C. The van der Waals surface area contributed by atoms with E-state index in [1.165, 1.54) is 24.8 Å². The van der Waals surface area contributed by atoms with E-state index < -0.39 is 12.0 Å². The van der Waals surface area contributed by atoms with Crippen molar-refractivity contribution in [2.75, 3.05) is 0 Å². The molecule has 3 aromatic heterocycles. The lowest BCUT2D eigenvalue weighted by Gasteiger charge is -2.03. The largest absolute Gasteiger partial charge is 0.451 e. The fourth-order valence-electron chi connectivity index (χ4n) is 2.07. The molecule has 0 saturated heterocycles. The Labute approximate surface area is 127 Å². The number of imidazole rings is 2. The van der Waals surface area contributed by atoms with Crippen molar-refractivity contribution in [2.45, 2.75) is 6.18 Å². The van der Waals surface area contributed by atoms with E-state index in [0.29, 0.717) is 17.2 Å². The molecule has 0 aliphatic rings. The Morgan fingerprint density at radius 3 is 2.52 bits per heavy atom. The molecule has 0 amide bonds. The third-order valence-corrected chi connectivity index (χ3v) is 3.02. The minimum atomic E-state index is -4.62. The maximum Gasteiger partial charge on any atom is 0.451 e. The van der Waals surface area contributed by atoms with Crippen LogP contribution < -0.4 is 0 Å². The first-order valence-corrected chi connectivity index (χ1v) is 6.31. The Morgan fingerprint density at radius 1 is 1.22 bits per heavy atom. The number of aromatic nitrogens is 7. The van der Waals surface area contributed by atoms with Crippen molar-refractivity contribution in [3.05, 3.63) is 37.3 Å². The molecule has 3 heterocycles. The highest BCUT2D eigenvalue weighted by Crippen LogP contribution is 2.32. The molecule has 0 saturated carbocycles. The van der Waals surface area contributed by atoms with Crippen molar-refractivity contribution in [3.63, 3.8) is 0 Å². The zero-order valence-electron chi connectivity index (χ0n) is 11.6. The Morgan fingerprint density at radius 2 is 2.00 bits per heavy atom. The maximum atomic E-state index is 12.7. The van der Waals surface area contributed by atoms with Gasteiger partial charge in [-0.05, 0) is 6.08 Å². The van der Waals surface area contributed by atoms with Gasteiger partial charge in [0.05, 0.1) is 18.2 Å². The Bertz CT molecular complexity index is 855. The number of aromatic amines is 2. The zero-order chi connectivity index (χ0) is 16.6. The molecule has 0 fully saturated rings. The van der Waals surface area contributed by atoms with Gasteiger partial charge in [-0.25, -0.2) is 15.0 Å². The first-order valence-electron chi connectivity index (χ1n) is 6.31. The molecular weight excluding hydrogens is 311 g/mol. The summed E-state index contributed by atoms with van der Waals surface area (Å²) in [6.45, 7) is 7.30. The van der Waals surface area contributed by atoms with Gasteiger partial charge in [0, 0.05) is 6.20 Å². The normalized spacial score (nSPS) is 11.6. The molecule has 3 aromatic rings. The van der Waals surface area contributed by atoms with Crippen molar-refractivity contribution in [1.82, 2.24) is 34.7 Å². The minimum absolute atomic E-state index is 0.149. The van der Waals surface area contributed by atoms with Crippen molar-refractivity contribution >= 4 is 12.3 Å². The van der Waals surface area contributed by atoms with Gasteiger partial charge in [-0.15, -0.1) is 0 Å². The summed E-state index contributed by atoms with van der Waals surface area (Å²) in [4.78, 5) is 14.5. The van der Waals surface area contributed by atoms with Crippen LogP contribution in [0.15, 0.2) is 25.7 Å². The molecule has 0 aromatic carbocycles. The summed E-state index contributed by atoms with van der Waals surface area (Å²) >= 11 is 0. The molecule has 0 bridgehead atoms. The molecule has 7 nitrogen and oxygen atoms in total. The van der Waals surface area contributed by atoms with Crippen LogP contribution >= 0.6 is 0 Å². The molecule has 0 aliphatic carbocycles. The van der Waals surface area contributed by atoms with E-state index in [1.54, 1.807) is 4.57 Å². The summed E-state index contributed by atoms with van der Waals surface area (Å²) < 4.78 is 39.7. The van der Waals surface area contributed by atoms with Crippen LogP contribution in [-0.2, 0) is 6.18 Å². The number of hydrogen-bond acceptors (Lipinski definition) is 4. The second-order valence-electron chi connectivity index (χ2n) is 4.39.